The van der Waals surface area contributed by atoms with Crippen LogP contribution in [-0.4, -0.2) is 18.7 Å². The van der Waals surface area contributed by atoms with Crippen molar-refractivity contribution in [2.24, 2.45) is 13.0 Å². The molecule has 0 saturated heterocycles. The molecule has 1 unspecified atom stereocenters. The molecule has 1 atom stereocenters. The van der Waals surface area contributed by atoms with Crippen LogP contribution in [0.15, 0.2) is 46.2 Å². The number of benzene rings is 1. The molecule has 1 aromatic carbocycles. The first-order valence-corrected chi connectivity index (χ1v) is 8.72. The van der Waals surface area contributed by atoms with Crippen molar-refractivity contribution in [2.45, 2.75) is 40.2 Å². The minimum atomic E-state index is -0.391. The molecule has 0 radical (unpaired) electrons. The molecule has 0 amide bonds. The van der Waals surface area contributed by atoms with E-state index in [1.807, 2.05) is 51.1 Å². The zero-order chi connectivity index (χ0) is 18.8. The second kappa shape index (κ2) is 7.29. The fraction of sp³-hybridized carbons (Fsp3) is 0.421. The summed E-state index contributed by atoms with van der Waals surface area (Å²) in [5.74, 6) is 0.255. The highest BCUT2D eigenvalue weighted by atomic mass is 16.5. The van der Waals surface area contributed by atoms with E-state index in [1.165, 1.54) is 7.05 Å². The second-order valence-electron chi connectivity index (χ2n) is 6.87. The van der Waals surface area contributed by atoms with Crippen molar-refractivity contribution in [2.75, 3.05) is 0 Å². The van der Waals surface area contributed by atoms with Crippen LogP contribution in [0, 0.1) is 5.92 Å². The Bertz CT molecular complexity index is 1010. The predicted octanol–water partition coefficient (Wildman–Crippen LogP) is 2.29. The Hall–Kier alpha value is -2.67. The summed E-state index contributed by atoms with van der Waals surface area (Å²) in [6, 6.07) is 9.83. The summed E-state index contributed by atoms with van der Waals surface area (Å²) in [5, 5.41) is 0. The molecular formula is C19H24N4O3. The third-order valence-electron chi connectivity index (χ3n) is 4.33. The fourth-order valence-corrected chi connectivity index (χ4v) is 2.95. The van der Waals surface area contributed by atoms with Crippen molar-refractivity contribution in [3.63, 3.8) is 0 Å². The third-order valence-corrected chi connectivity index (χ3v) is 4.33. The van der Waals surface area contributed by atoms with Gasteiger partial charge in [-0.25, -0.2) is 9.78 Å². The summed E-state index contributed by atoms with van der Waals surface area (Å²) in [6.45, 7) is 6.83. The number of aromatic nitrogens is 4. The van der Waals surface area contributed by atoms with Crippen LogP contribution < -0.4 is 11.2 Å². The lowest BCUT2D eigenvalue weighted by atomic mass is 10.2. The van der Waals surface area contributed by atoms with Crippen LogP contribution in [0.1, 0.15) is 32.6 Å². The molecule has 7 nitrogen and oxygen atoms in total. The summed E-state index contributed by atoms with van der Waals surface area (Å²) in [4.78, 5) is 29.5. The Morgan fingerprint density at radius 2 is 1.81 bits per heavy atom. The van der Waals surface area contributed by atoms with Gasteiger partial charge >= 0.3 is 5.69 Å². The van der Waals surface area contributed by atoms with Crippen molar-refractivity contribution in [1.29, 1.82) is 0 Å². The van der Waals surface area contributed by atoms with Crippen LogP contribution in [-0.2, 0) is 24.9 Å². The van der Waals surface area contributed by atoms with Crippen LogP contribution in [0.2, 0.25) is 0 Å². The molecule has 2 heterocycles. The summed E-state index contributed by atoms with van der Waals surface area (Å²) >= 11 is 0. The van der Waals surface area contributed by atoms with E-state index < -0.39 is 6.23 Å². The Labute approximate surface area is 151 Å². The zero-order valence-electron chi connectivity index (χ0n) is 15.5. The normalized spacial score (nSPS) is 12.8. The van der Waals surface area contributed by atoms with Gasteiger partial charge in [0.1, 0.15) is 6.23 Å². The molecule has 0 spiro atoms. The number of hydrogen-bond donors (Lipinski definition) is 0. The summed E-state index contributed by atoms with van der Waals surface area (Å²) in [6.07, 6.45) is 1.18. The number of nitrogens with zero attached hydrogens (tertiary/aromatic N) is 4. The van der Waals surface area contributed by atoms with Crippen LogP contribution in [0.3, 0.4) is 0 Å². The van der Waals surface area contributed by atoms with E-state index in [9.17, 15) is 9.59 Å². The van der Waals surface area contributed by atoms with Crippen molar-refractivity contribution in [1.82, 2.24) is 18.7 Å². The largest absolute Gasteiger partial charge is 0.354 e. The Morgan fingerprint density at radius 1 is 1.12 bits per heavy atom. The Balaban J connectivity index is 2.00. The van der Waals surface area contributed by atoms with E-state index in [0.717, 1.165) is 10.1 Å². The van der Waals surface area contributed by atoms with Gasteiger partial charge in [0.15, 0.2) is 11.2 Å². The molecular weight excluding hydrogens is 332 g/mol. The maximum Gasteiger partial charge on any atom is 0.332 e. The molecule has 2 aromatic heterocycles. The molecule has 0 fully saturated rings. The highest BCUT2D eigenvalue weighted by Crippen LogP contribution is 2.17. The molecule has 7 heteroatoms. The maximum absolute atomic E-state index is 12.7. The van der Waals surface area contributed by atoms with Gasteiger partial charge in [0, 0.05) is 13.6 Å². The van der Waals surface area contributed by atoms with Crippen molar-refractivity contribution in [3.05, 3.63) is 63.1 Å². The molecule has 0 bridgehead atoms. The van der Waals surface area contributed by atoms with Crippen LogP contribution in [0.4, 0.5) is 0 Å². The van der Waals surface area contributed by atoms with Crippen molar-refractivity contribution < 1.29 is 4.74 Å². The van der Waals surface area contributed by atoms with Crippen molar-refractivity contribution in [3.8, 4) is 0 Å². The van der Waals surface area contributed by atoms with Gasteiger partial charge in [-0.3, -0.25) is 18.5 Å². The van der Waals surface area contributed by atoms with Gasteiger partial charge in [0.05, 0.1) is 12.9 Å². The highest BCUT2D eigenvalue weighted by molar-refractivity contribution is 5.70. The molecule has 0 saturated carbocycles. The lowest BCUT2D eigenvalue weighted by Gasteiger charge is -2.16. The van der Waals surface area contributed by atoms with Gasteiger partial charge in [-0.05, 0) is 18.4 Å². The molecule has 0 aliphatic carbocycles. The monoisotopic (exact) mass is 356 g/mol. The molecule has 0 aliphatic heterocycles. The van der Waals surface area contributed by atoms with Gasteiger partial charge in [0.25, 0.3) is 5.56 Å². The Kier molecular flexibility index (Phi) is 5.08. The molecule has 0 N–H and O–H groups in total. The first-order chi connectivity index (χ1) is 12.4. The van der Waals surface area contributed by atoms with E-state index in [4.69, 9.17) is 4.74 Å². The number of ether oxygens (including phenoxy) is 1. The zero-order valence-corrected chi connectivity index (χ0v) is 15.5. The van der Waals surface area contributed by atoms with E-state index in [0.29, 0.717) is 24.3 Å². The Morgan fingerprint density at radius 3 is 2.46 bits per heavy atom. The molecule has 0 aliphatic rings. The van der Waals surface area contributed by atoms with E-state index in [2.05, 4.69) is 4.98 Å². The van der Waals surface area contributed by atoms with Crippen molar-refractivity contribution >= 4 is 11.2 Å². The minimum absolute atomic E-state index is 0.255. The van der Waals surface area contributed by atoms with Gasteiger partial charge < -0.3 is 4.74 Å². The van der Waals surface area contributed by atoms with Crippen LogP contribution in [0.5, 0.6) is 0 Å². The van der Waals surface area contributed by atoms with E-state index in [-0.39, 0.29) is 17.2 Å². The summed E-state index contributed by atoms with van der Waals surface area (Å²) in [7, 11) is 1.49. The molecule has 3 rings (SSSR count). The molecule has 138 valence electrons. The number of hydrogen-bond acceptors (Lipinski definition) is 4. The minimum Gasteiger partial charge on any atom is -0.354 e. The van der Waals surface area contributed by atoms with Crippen LogP contribution >= 0.6 is 0 Å². The topological polar surface area (TPSA) is 71.0 Å². The maximum atomic E-state index is 12.7. The highest BCUT2D eigenvalue weighted by Gasteiger charge is 2.19. The number of rotatable bonds is 6. The number of fused-ring (bicyclic) bond motifs is 1. The standard InChI is InChI=1S/C19H24N4O3/c1-13(2)10-22-17-16(18(24)21(4)19(22)25)23(12-20-17)14(3)26-11-15-8-6-5-7-9-15/h5-9,12-14H,10-11H2,1-4H3. The van der Waals surface area contributed by atoms with E-state index >= 15 is 0 Å². The number of imidazole rings is 1. The first-order valence-electron chi connectivity index (χ1n) is 8.72. The SMILES string of the molecule is CC(C)Cn1c(=O)n(C)c(=O)c2c1ncn2C(C)OCc1ccccc1. The lowest BCUT2D eigenvalue weighted by molar-refractivity contribution is 0.00651. The van der Waals surface area contributed by atoms with Gasteiger partial charge in [-0.1, -0.05) is 44.2 Å². The van der Waals surface area contributed by atoms with Gasteiger partial charge in [-0.2, -0.15) is 0 Å². The van der Waals surface area contributed by atoms with Crippen LogP contribution in [0.25, 0.3) is 11.2 Å². The molecule has 26 heavy (non-hydrogen) atoms. The smallest absolute Gasteiger partial charge is 0.332 e. The average molecular weight is 356 g/mol. The average Bonchev–Trinajstić information content (AvgIpc) is 3.07. The summed E-state index contributed by atoms with van der Waals surface area (Å²) < 4.78 is 10.3. The van der Waals surface area contributed by atoms with Gasteiger partial charge in [-0.15, -0.1) is 0 Å². The van der Waals surface area contributed by atoms with E-state index in [1.54, 1.807) is 15.5 Å². The lowest BCUT2D eigenvalue weighted by Crippen LogP contribution is -2.39. The first kappa shape index (κ1) is 18.1. The van der Waals surface area contributed by atoms with Gasteiger partial charge in [0.2, 0.25) is 0 Å². The summed E-state index contributed by atoms with van der Waals surface area (Å²) in [5.41, 5.74) is 1.13. The third kappa shape index (κ3) is 3.35. The second-order valence-corrected chi connectivity index (χ2v) is 6.87. The molecule has 3 aromatic rings. The fourth-order valence-electron chi connectivity index (χ4n) is 2.95. The predicted molar refractivity (Wildman–Crippen MR) is 100 cm³/mol. The quantitative estimate of drug-likeness (QED) is 0.679.